The van der Waals surface area contributed by atoms with Crippen molar-refractivity contribution in [3.63, 3.8) is 0 Å². The number of ether oxygens (including phenoxy) is 3. The molecule has 1 aromatic heterocycles. The smallest absolute Gasteiger partial charge is 0.200 e. The molecule has 7 heteroatoms. The zero-order chi connectivity index (χ0) is 18.7. The van der Waals surface area contributed by atoms with E-state index in [4.69, 9.17) is 14.2 Å². The summed E-state index contributed by atoms with van der Waals surface area (Å²) in [6, 6.07) is 10.8. The summed E-state index contributed by atoms with van der Waals surface area (Å²) in [7, 11) is 4.48. The summed E-state index contributed by atoms with van der Waals surface area (Å²) in [4.78, 5) is 7.56. The number of nitriles is 1. The number of nitrogens with one attached hydrogen (secondary N) is 1. The number of nitrogens with zero attached hydrogens (tertiary/aromatic N) is 2. The number of aromatic hydroxyl groups is 1. The van der Waals surface area contributed by atoms with E-state index in [2.05, 4.69) is 16.0 Å². The largest absolute Gasteiger partial charge is 0.502 e. The number of methoxy groups -OCH3 is 3. The average molecular weight is 351 g/mol. The van der Waals surface area contributed by atoms with Gasteiger partial charge >= 0.3 is 0 Å². The van der Waals surface area contributed by atoms with Gasteiger partial charge in [-0.15, -0.1) is 0 Å². The minimum atomic E-state index is -0.0958. The molecule has 0 amide bonds. The maximum Gasteiger partial charge on any atom is 0.200 e. The fourth-order valence-corrected chi connectivity index (χ4v) is 2.56. The van der Waals surface area contributed by atoms with Crippen molar-refractivity contribution in [3.05, 3.63) is 41.7 Å². The quantitative estimate of drug-likeness (QED) is 0.684. The molecule has 2 N–H and O–H groups in total. The number of benzene rings is 2. The van der Waals surface area contributed by atoms with Crippen molar-refractivity contribution < 1.29 is 19.3 Å². The standard InChI is InChI=1S/C19H17N3O4/c1-24-13-4-5-14-15(9-13)22-19(21-14)12(10-20)6-11-7-16(25-2)18(23)17(8-11)26-3/h4-9,23H,1-3H3,(H,21,22)/b12-6+. The highest BCUT2D eigenvalue weighted by atomic mass is 16.5. The van der Waals surface area contributed by atoms with Crippen molar-refractivity contribution >= 4 is 22.7 Å². The number of rotatable bonds is 5. The first-order chi connectivity index (χ1) is 12.6. The van der Waals surface area contributed by atoms with Gasteiger partial charge in [0.1, 0.15) is 17.6 Å². The van der Waals surface area contributed by atoms with Crippen molar-refractivity contribution in [2.75, 3.05) is 21.3 Å². The van der Waals surface area contributed by atoms with Crippen LogP contribution in [0.5, 0.6) is 23.0 Å². The molecule has 3 aromatic rings. The highest BCUT2D eigenvalue weighted by Crippen LogP contribution is 2.38. The van der Waals surface area contributed by atoms with Gasteiger partial charge in [0.25, 0.3) is 0 Å². The van der Waals surface area contributed by atoms with Gasteiger partial charge in [0, 0.05) is 6.07 Å². The number of hydrogen-bond donors (Lipinski definition) is 2. The van der Waals surface area contributed by atoms with Gasteiger partial charge in [0.05, 0.1) is 37.9 Å². The van der Waals surface area contributed by atoms with E-state index in [-0.39, 0.29) is 17.2 Å². The Bertz CT molecular complexity index is 1010. The SMILES string of the molecule is COc1ccc2nc(/C(C#N)=C/c3cc(OC)c(O)c(OC)c3)[nH]c2c1. The van der Waals surface area contributed by atoms with Crippen LogP contribution < -0.4 is 14.2 Å². The summed E-state index contributed by atoms with van der Waals surface area (Å²) < 4.78 is 15.5. The van der Waals surface area contributed by atoms with Gasteiger partial charge in [-0.1, -0.05) is 0 Å². The van der Waals surface area contributed by atoms with E-state index in [0.29, 0.717) is 22.7 Å². The highest BCUT2D eigenvalue weighted by Gasteiger charge is 2.13. The predicted molar refractivity (Wildman–Crippen MR) is 97.3 cm³/mol. The number of imidazole rings is 1. The Morgan fingerprint density at radius 3 is 2.38 bits per heavy atom. The molecule has 1 heterocycles. The van der Waals surface area contributed by atoms with E-state index in [1.165, 1.54) is 14.2 Å². The molecule has 0 bridgehead atoms. The Balaban J connectivity index is 2.08. The predicted octanol–water partition coefficient (Wildman–Crippen LogP) is 3.36. The molecule has 0 saturated carbocycles. The van der Waals surface area contributed by atoms with Crippen LogP contribution in [0.1, 0.15) is 11.4 Å². The third-order valence-corrected chi connectivity index (χ3v) is 3.88. The molecule has 132 valence electrons. The molecule has 0 aliphatic carbocycles. The summed E-state index contributed by atoms with van der Waals surface area (Å²) in [5.74, 6) is 1.54. The van der Waals surface area contributed by atoms with Crippen LogP contribution in [-0.2, 0) is 0 Å². The van der Waals surface area contributed by atoms with Gasteiger partial charge in [-0.2, -0.15) is 5.26 Å². The molecule has 0 aliphatic heterocycles. The highest BCUT2D eigenvalue weighted by molar-refractivity contribution is 5.91. The van der Waals surface area contributed by atoms with Crippen molar-refractivity contribution in [2.24, 2.45) is 0 Å². The molecule has 26 heavy (non-hydrogen) atoms. The second-order valence-corrected chi connectivity index (χ2v) is 5.41. The lowest BCUT2D eigenvalue weighted by molar-refractivity contribution is 0.340. The lowest BCUT2D eigenvalue weighted by atomic mass is 10.1. The van der Waals surface area contributed by atoms with Crippen molar-refractivity contribution in [1.82, 2.24) is 9.97 Å². The van der Waals surface area contributed by atoms with Gasteiger partial charge < -0.3 is 24.3 Å². The number of fused-ring (bicyclic) bond motifs is 1. The number of aromatic amines is 1. The number of phenols is 1. The molecule has 7 nitrogen and oxygen atoms in total. The van der Waals surface area contributed by atoms with E-state index in [1.807, 2.05) is 12.1 Å². The van der Waals surface area contributed by atoms with E-state index >= 15 is 0 Å². The first-order valence-corrected chi connectivity index (χ1v) is 7.70. The minimum absolute atomic E-state index is 0.0958. The Kier molecular flexibility index (Phi) is 4.67. The molecule has 0 aliphatic rings. The maximum atomic E-state index is 10.0. The van der Waals surface area contributed by atoms with Crippen molar-refractivity contribution in [3.8, 4) is 29.1 Å². The van der Waals surface area contributed by atoms with Crippen LogP contribution in [-0.4, -0.2) is 36.4 Å². The van der Waals surface area contributed by atoms with Crippen LogP contribution in [0.15, 0.2) is 30.3 Å². The van der Waals surface area contributed by atoms with Crippen LogP contribution in [0.25, 0.3) is 22.7 Å². The Hall–Kier alpha value is -3.66. The summed E-state index contributed by atoms with van der Waals surface area (Å²) >= 11 is 0. The van der Waals surface area contributed by atoms with Gasteiger partial charge in [-0.3, -0.25) is 0 Å². The number of hydrogen-bond acceptors (Lipinski definition) is 6. The molecule has 3 rings (SSSR count). The Morgan fingerprint density at radius 1 is 1.12 bits per heavy atom. The van der Waals surface area contributed by atoms with Gasteiger partial charge in [-0.05, 0) is 35.9 Å². The molecule has 0 fully saturated rings. The van der Waals surface area contributed by atoms with Crippen molar-refractivity contribution in [1.29, 1.82) is 5.26 Å². The lowest BCUT2D eigenvalue weighted by Crippen LogP contribution is -1.91. The topological polar surface area (TPSA) is 100 Å². The van der Waals surface area contributed by atoms with Crippen LogP contribution in [0.2, 0.25) is 0 Å². The molecule has 2 aromatic carbocycles. The maximum absolute atomic E-state index is 10.0. The van der Waals surface area contributed by atoms with Crippen LogP contribution in [0.4, 0.5) is 0 Å². The molecule has 0 radical (unpaired) electrons. The monoisotopic (exact) mass is 351 g/mol. The minimum Gasteiger partial charge on any atom is -0.502 e. The van der Waals surface area contributed by atoms with Crippen LogP contribution in [0.3, 0.4) is 0 Å². The lowest BCUT2D eigenvalue weighted by Gasteiger charge is -2.09. The number of phenolic OH excluding ortho intramolecular Hbond substituents is 1. The van der Waals surface area contributed by atoms with Crippen molar-refractivity contribution in [2.45, 2.75) is 0 Å². The number of H-pyrrole nitrogens is 1. The third kappa shape index (κ3) is 3.13. The summed E-state index contributed by atoms with van der Waals surface area (Å²) in [5, 5.41) is 19.6. The average Bonchev–Trinajstić information content (AvgIpc) is 3.09. The van der Waals surface area contributed by atoms with Gasteiger partial charge in [0.15, 0.2) is 11.5 Å². The Labute approximate surface area is 150 Å². The first kappa shape index (κ1) is 17.2. The van der Waals surface area contributed by atoms with Gasteiger partial charge in [0.2, 0.25) is 5.75 Å². The second-order valence-electron chi connectivity index (χ2n) is 5.41. The zero-order valence-corrected chi connectivity index (χ0v) is 14.5. The fourth-order valence-electron chi connectivity index (χ4n) is 2.56. The van der Waals surface area contributed by atoms with E-state index < -0.39 is 0 Å². The molecule has 0 unspecified atom stereocenters. The van der Waals surface area contributed by atoms with E-state index in [9.17, 15) is 10.4 Å². The molecule has 0 spiro atoms. The zero-order valence-electron chi connectivity index (χ0n) is 14.5. The molecular formula is C19H17N3O4. The van der Waals surface area contributed by atoms with Crippen LogP contribution in [0, 0.1) is 11.3 Å². The first-order valence-electron chi connectivity index (χ1n) is 7.70. The normalized spacial score (nSPS) is 11.2. The molecule has 0 saturated heterocycles. The third-order valence-electron chi connectivity index (χ3n) is 3.88. The van der Waals surface area contributed by atoms with Crippen LogP contribution >= 0.6 is 0 Å². The Morgan fingerprint density at radius 2 is 1.81 bits per heavy atom. The number of aromatic nitrogens is 2. The summed E-state index contributed by atoms with van der Waals surface area (Å²) in [5.41, 5.74) is 2.45. The number of allylic oxidation sites excluding steroid dienone is 1. The molecular weight excluding hydrogens is 334 g/mol. The summed E-state index contributed by atoms with van der Waals surface area (Å²) in [6.07, 6.45) is 1.64. The summed E-state index contributed by atoms with van der Waals surface area (Å²) in [6.45, 7) is 0. The van der Waals surface area contributed by atoms with E-state index in [1.54, 1.807) is 31.4 Å². The second kappa shape index (κ2) is 7.07. The molecule has 0 atom stereocenters. The fraction of sp³-hybridized carbons (Fsp3) is 0.158. The van der Waals surface area contributed by atoms with E-state index in [0.717, 1.165) is 11.0 Å². The van der Waals surface area contributed by atoms with Gasteiger partial charge in [-0.25, -0.2) is 4.98 Å².